The van der Waals surface area contributed by atoms with Crippen molar-refractivity contribution >= 4 is 27.7 Å². The van der Waals surface area contributed by atoms with Crippen LogP contribution in [0.15, 0.2) is 29.2 Å². The Kier molecular flexibility index (Phi) is 4.74. The molecule has 0 bridgehead atoms. The van der Waals surface area contributed by atoms with Crippen LogP contribution in [0.3, 0.4) is 0 Å². The minimum Gasteiger partial charge on any atom is -0.302 e. The van der Waals surface area contributed by atoms with E-state index in [1.807, 2.05) is 11.8 Å². The van der Waals surface area contributed by atoms with Gasteiger partial charge in [-0.3, -0.25) is 0 Å². The number of fused-ring (bicyclic) bond motifs is 1. The predicted molar refractivity (Wildman–Crippen MR) is 75.7 cm³/mol. The molecule has 2 rings (SSSR count). The molecule has 16 heavy (non-hydrogen) atoms. The van der Waals surface area contributed by atoms with Crippen molar-refractivity contribution in [2.45, 2.75) is 23.5 Å². The van der Waals surface area contributed by atoms with Crippen LogP contribution >= 0.6 is 27.7 Å². The zero-order valence-electron chi connectivity index (χ0n) is 9.66. The first-order valence-corrected chi connectivity index (χ1v) is 7.86. The second kappa shape index (κ2) is 6.08. The summed E-state index contributed by atoms with van der Waals surface area (Å²) in [6, 6.07) is 8.81. The first-order chi connectivity index (χ1) is 7.83. The number of alkyl halides is 1. The Morgan fingerprint density at radius 2 is 2.25 bits per heavy atom. The minimum absolute atomic E-state index is 0.747. The van der Waals surface area contributed by atoms with Crippen LogP contribution in [0.2, 0.25) is 0 Å². The quantitative estimate of drug-likeness (QED) is 0.767. The highest BCUT2D eigenvalue weighted by molar-refractivity contribution is 9.09. The van der Waals surface area contributed by atoms with Gasteiger partial charge in [0.05, 0.1) is 0 Å². The average Bonchev–Trinajstić information content (AvgIpc) is 2.70. The van der Waals surface area contributed by atoms with Gasteiger partial charge < -0.3 is 4.90 Å². The molecule has 0 aliphatic carbocycles. The number of nitrogens with zero attached hydrogens (tertiary/aromatic N) is 1. The number of hydrogen-bond acceptors (Lipinski definition) is 2. The number of thioether (sulfide) groups is 1. The standard InChI is InChI=1S/C13H18BrNS/c1-2-15(8-7-14)10-12-9-11-5-3-4-6-13(11)16-12/h3-6,12H,2,7-10H2,1H3. The van der Waals surface area contributed by atoms with Gasteiger partial charge >= 0.3 is 0 Å². The van der Waals surface area contributed by atoms with Crippen LogP contribution in [0.25, 0.3) is 0 Å². The monoisotopic (exact) mass is 299 g/mol. The Morgan fingerprint density at radius 1 is 1.44 bits per heavy atom. The Hall–Kier alpha value is 0.01000. The van der Waals surface area contributed by atoms with Gasteiger partial charge in [0.1, 0.15) is 0 Å². The molecule has 0 radical (unpaired) electrons. The van der Waals surface area contributed by atoms with Gasteiger partial charge in [-0.05, 0) is 24.6 Å². The lowest BCUT2D eigenvalue weighted by atomic mass is 10.1. The lowest BCUT2D eigenvalue weighted by Gasteiger charge is -2.22. The number of benzene rings is 1. The SMILES string of the molecule is CCN(CCBr)CC1Cc2ccccc2S1. The maximum absolute atomic E-state index is 3.52. The highest BCUT2D eigenvalue weighted by Gasteiger charge is 2.23. The van der Waals surface area contributed by atoms with Gasteiger partial charge in [-0.15, -0.1) is 11.8 Å². The van der Waals surface area contributed by atoms with Crippen molar-refractivity contribution in [3.05, 3.63) is 29.8 Å². The van der Waals surface area contributed by atoms with Crippen LogP contribution in [-0.2, 0) is 6.42 Å². The van der Waals surface area contributed by atoms with E-state index in [9.17, 15) is 0 Å². The average molecular weight is 300 g/mol. The zero-order valence-corrected chi connectivity index (χ0v) is 12.1. The predicted octanol–water partition coefficient (Wildman–Crippen LogP) is 3.42. The van der Waals surface area contributed by atoms with Crippen molar-refractivity contribution < 1.29 is 0 Å². The van der Waals surface area contributed by atoms with Crippen molar-refractivity contribution in [2.24, 2.45) is 0 Å². The molecule has 0 saturated heterocycles. The summed E-state index contributed by atoms with van der Waals surface area (Å²) in [6.07, 6.45) is 1.24. The van der Waals surface area contributed by atoms with E-state index in [0.29, 0.717) is 0 Å². The van der Waals surface area contributed by atoms with E-state index in [0.717, 1.165) is 23.7 Å². The van der Waals surface area contributed by atoms with E-state index in [-0.39, 0.29) is 0 Å². The van der Waals surface area contributed by atoms with Crippen LogP contribution < -0.4 is 0 Å². The Bertz CT molecular complexity index is 317. The van der Waals surface area contributed by atoms with E-state index in [1.54, 1.807) is 0 Å². The second-order valence-electron chi connectivity index (χ2n) is 4.13. The molecule has 0 N–H and O–H groups in total. The van der Waals surface area contributed by atoms with Crippen molar-refractivity contribution in [1.82, 2.24) is 4.90 Å². The molecule has 1 unspecified atom stereocenters. The number of rotatable bonds is 5. The summed E-state index contributed by atoms with van der Waals surface area (Å²) in [4.78, 5) is 4.01. The highest BCUT2D eigenvalue weighted by atomic mass is 79.9. The third-order valence-electron chi connectivity index (χ3n) is 3.02. The molecule has 0 amide bonds. The van der Waals surface area contributed by atoms with Crippen LogP contribution in [0.5, 0.6) is 0 Å². The maximum Gasteiger partial charge on any atom is 0.0263 e. The molecule has 0 aromatic heterocycles. The van der Waals surface area contributed by atoms with Crippen LogP contribution in [0.1, 0.15) is 12.5 Å². The molecule has 88 valence electrons. The fourth-order valence-corrected chi connectivity index (χ4v) is 4.01. The Balaban J connectivity index is 1.91. The summed E-state index contributed by atoms with van der Waals surface area (Å²) in [6.45, 7) is 5.76. The summed E-state index contributed by atoms with van der Waals surface area (Å²) in [5.41, 5.74) is 1.53. The summed E-state index contributed by atoms with van der Waals surface area (Å²) in [5.74, 6) is 0. The molecule has 1 heterocycles. The lowest BCUT2D eigenvalue weighted by molar-refractivity contribution is 0.308. The van der Waals surface area contributed by atoms with Gasteiger partial charge in [0, 0.05) is 28.6 Å². The van der Waals surface area contributed by atoms with Crippen molar-refractivity contribution in [3.8, 4) is 0 Å². The summed E-state index contributed by atoms with van der Waals surface area (Å²) >= 11 is 5.57. The first kappa shape index (κ1) is 12.5. The molecular weight excluding hydrogens is 282 g/mol. The second-order valence-corrected chi connectivity index (χ2v) is 6.27. The molecule has 3 heteroatoms. The summed E-state index contributed by atoms with van der Waals surface area (Å²) in [5, 5.41) is 1.82. The van der Waals surface area contributed by atoms with Gasteiger partial charge in [-0.2, -0.15) is 0 Å². The van der Waals surface area contributed by atoms with E-state index in [2.05, 4.69) is 52.0 Å². The molecule has 1 aromatic rings. The van der Waals surface area contributed by atoms with E-state index in [1.165, 1.54) is 23.4 Å². The summed E-state index contributed by atoms with van der Waals surface area (Å²) in [7, 11) is 0. The van der Waals surface area contributed by atoms with Crippen LogP contribution in [0, 0.1) is 0 Å². The largest absolute Gasteiger partial charge is 0.302 e. The number of halogens is 1. The molecule has 1 aliphatic heterocycles. The molecule has 1 aliphatic rings. The fourth-order valence-electron chi connectivity index (χ4n) is 2.14. The molecule has 0 fully saturated rings. The third kappa shape index (κ3) is 3.02. The lowest BCUT2D eigenvalue weighted by Crippen LogP contribution is -2.32. The third-order valence-corrected chi connectivity index (χ3v) is 4.68. The smallest absolute Gasteiger partial charge is 0.0263 e. The van der Waals surface area contributed by atoms with Gasteiger partial charge in [0.25, 0.3) is 0 Å². The van der Waals surface area contributed by atoms with Crippen LogP contribution in [0.4, 0.5) is 0 Å². The van der Waals surface area contributed by atoms with Crippen molar-refractivity contribution in [2.75, 3.05) is 25.0 Å². The highest BCUT2D eigenvalue weighted by Crippen LogP contribution is 2.36. The Labute approximate surface area is 111 Å². The van der Waals surface area contributed by atoms with Gasteiger partial charge in [0.15, 0.2) is 0 Å². The van der Waals surface area contributed by atoms with Crippen molar-refractivity contribution in [1.29, 1.82) is 0 Å². The van der Waals surface area contributed by atoms with E-state index >= 15 is 0 Å². The maximum atomic E-state index is 3.52. The van der Waals surface area contributed by atoms with Crippen LogP contribution in [-0.4, -0.2) is 35.1 Å². The zero-order chi connectivity index (χ0) is 11.4. The molecule has 1 nitrogen and oxygen atoms in total. The Morgan fingerprint density at radius 3 is 2.94 bits per heavy atom. The van der Waals surface area contributed by atoms with Gasteiger partial charge in [-0.1, -0.05) is 41.1 Å². The molecule has 1 aromatic carbocycles. The summed E-state index contributed by atoms with van der Waals surface area (Å²) < 4.78 is 0. The number of hydrogen-bond donors (Lipinski definition) is 0. The van der Waals surface area contributed by atoms with Crippen molar-refractivity contribution in [3.63, 3.8) is 0 Å². The molecule has 0 saturated carbocycles. The molecule has 1 atom stereocenters. The topological polar surface area (TPSA) is 3.24 Å². The van der Waals surface area contributed by atoms with E-state index in [4.69, 9.17) is 0 Å². The first-order valence-electron chi connectivity index (χ1n) is 5.86. The molecule has 0 spiro atoms. The van der Waals surface area contributed by atoms with Gasteiger partial charge in [-0.25, -0.2) is 0 Å². The molecular formula is C13H18BrNS. The van der Waals surface area contributed by atoms with E-state index < -0.39 is 0 Å². The minimum atomic E-state index is 0.747. The van der Waals surface area contributed by atoms with Gasteiger partial charge in [0.2, 0.25) is 0 Å². The normalized spacial score (nSPS) is 19.1. The fraction of sp³-hybridized carbons (Fsp3) is 0.538.